The van der Waals surface area contributed by atoms with Crippen LogP contribution in [0.1, 0.15) is 18.7 Å². The molecule has 0 aliphatic heterocycles. The zero-order valence-electron chi connectivity index (χ0n) is 10.9. The fourth-order valence-electron chi connectivity index (χ4n) is 2.16. The summed E-state index contributed by atoms with van der Waals surface area (Å²) >= 11 is 6.20. The van der Waals surface area contributed by atoms with E-state index in [2.05, 4.69) is 15.2 Å². The number of halogens is 1. The maximum atomic E-state index is 6.20. The van der Waals surface area contributed by atoms with Crippen molar-refractivity contribution in [2.24, 2.45) is 0 Å². The van der Waals surface area contributed by atoms with Gasteiger partial charge in [-0.2, -0.15) is 0 Å². The van der Waals surface area contributed by atoms with Crippen LogP contribution in [-0.2, 0) is 0 Å². The fourth-order valence-corrected chi connectivity index (χ4v) is 2.42. The molecule has 0 saturated heterocycles. The molecule has 0 bridgehead atoms. The standard InChI is InChI=1S/C15H13ClN4/c1-11(13-9-5-6-10-17-13)20-14(18-19-15(20)16)12-7-3-2-4-8-12/h2-11H,1H3. The maximum Gasteiger partial charge on any atom is 0.225 e. The van der Waals surface area contributed by atoms with E-state index in [-0.39, 0.29) is 6.04 Å². The quantitative estimate of drug-likeness (QED) is 0.738. The van der Waals surface area contributed by atoms with E-state index in [1.54, 1.807) is 6.20 Å². The molecule has 0 amide bonds. The highest BCUT2D eigenvalue weighted by Crippen LogP contribution is 2.27. The van der Waals surface area contributed by atoms with Gasteiger partial charge in [-0.05, 0) is 30.7 Å². The first-order valence-electron chi connectivity index (χ1n) is 6.34. The molecule has 1 atom stereocenters. The lowest BCUT2D eigenvalue weighted by molar-refractivity contribution is 0.625. The monoisotopic (exact) mass is 284 g/mol. The van der Waals surface area contributed by atoms with E-state index in [0.717, 1.165) is 17.1 Å². The number of hydrogen-bond donors (Lipinski definition) is 0. The molecule has 1 aromatic carbocycles. The van der Waals surface area contributed by atoms with E-state index >= 15 is 0 Å². The van der Waals surface area contributed by atoms with Crippen molar-refractivity contribution >= 4 is 11.6 Å². The van der Waals surface area contributed by atoms with Crippen molar-refractivity contribution in [1.29, 1.82) is 0 Å². The van der Waals surface area contributed by atoms with Gasteiger partial charge in [0.25, 0.3) is 0 Å². The lowest BCUT2D eigenvalue weighted by Gasteiger charge is -2.15. The van der Waals surface area contributed by atoms with Crippen LogP contribution in [0.25, 0.3) is 11.4 Å². The van der Waals surface area contributed by atoms with E-state index in [1.807, 2.05) is 60.0 Å². The number of benzene rings is 1. The summed E-state index contributed by atoms with van der Waals surface area (Å²) in [6.07, 6.45) is 1.77. The fraction of sp³-hybridized carbons (Fsp3) is 0.133. The summed E-state index contributed by atoms with van der Waals surface area (Å²) in [5, 5.41) is 8.54. The number of rotatable bonds is 3. The van der Waals surface area contributed by atoms with Gasteiger partial charge in [0.05, 0.1) is 11.7 Å². The van der Waals surface area contributed by atoms with E-state index in [1.165, 1.54) is 0 Å². The van der Waals surface area contributed by atoms with Gasteiger partial charge in [0.15, 0.2) is 5.82 Å². The van der Waals surface area contributed by atoms with Crippen LogP contribution in [0.5, 0.6) is 0 Å². The second-order valence-corrected chi connectivity index (χ2v) is 4.80. The molecular formula is C15H13ClN4. The zero-order chi connectivity index (χ0) is 13.9. The molecule has 0 N–H and O–H groups in total. The van der Waals surface area contributed by atoms with Crippen LogP contribution in [0.3, 0.4) is 0 Å². The molecule has 3 aromatic rings. The van der Waals surface area contributed by atoms with Crippen LogP contribution in [-0.4, -0.2) is 19.7 Å². The van der Waals surface area contributed by atoms with Crippen molar-refractivity contribution < 1.29 is 0 Å². The Hall–Kier alpha value is -2.20. The van der Waals surface area contributed by atoms with Crippen LogP contribution in [0.2, 0.25) is 5.28 Å². The van der Waals surface area contributed by atoms with Crippen molar-refractivity contribution in [3.8, 4) is 11.4 Å². The van der Waals surface area contributed by atoms with E-state index in [9.17, 15) is 0 Å². The Morgan fingerprint density at radius 3 is 2.45 bits per heavy atom. The molecule has 0 saturated carbocycles. The summed E-state index contributed by atoms with van der Waals surface area (Å²) in [6.45, 7) is 2.03. The summed E-state index contributed by atoms with van der Waals surface area (Å²) in [6, 6.07) is 15.7. The Kier molecular flexibility index (Phi) is 3.48. The third kappa shape index (κ3) is 2.30. The highest BCUT2D eigenvalue weighted by molar-refractivity contribution is 6.28. The topological polar surface area (TPSA) is 43.6 Å². The molecule has 0 fully saturated rings. The minimum Gasteiger partial charge on any atom is -0.289 e. The van der Waals surface area contributed by atoms with Crippen molar-refractivity contribution in [2.75, 3.05) is 0 Å². The Morgan fingerprint density at radius 1 is 1.00 bits per heavy atom. The summed E-state index contributed by atoms with van der Waals surface area (Å²) in [4.78, 5) is 4.38. The molecule has 4 nitrogen and oxygen atoms in total. The maximum absolute atomic E-state index is 6.20. The Bertz CT molecular complexity index is 694. The average Bonchev–Trinajstić information content (AvgIpc) is 2.90. The minimum atomic E-state index is -0.0334. The van der Waals surface area contributed by atoms with Gasteiger partial charge in [0.1, 0.15) is 0 Å². The SMILES string of the molecule is CC(c1ccccn1)n1c(Cl)nnc1-c1ccccc1. The van der Waals surface area contributed by atoms with Crippen molar-refractivity contribution in [3.05, 3.63) is 65.7 Å². The Balaban J connectivity index is 2.08. The molecule has 0 spiro atoms. The second kappa shape index (κ2) is 5.43. The lowest BCUT2D eigenvalue weighted by atomic mass is 10.1. The molecule has 0 aliphatic carbocycles. The van der Waals surface area contributed by atoms with E-state index in [0.29, 0.717) is 5.28 Å². The molecular weight excluding hydrogens is 272 g/mol. The predicted octanol–water partition coefficient (Wildman–Crippen LogP) is 3.60. The normalized spacial score (nSPS) is 12.3. The largest absolute Gasteiger partial charge is 0.289 e. The van der Waals surface area contributed by atoms with Gasteiger partial charge >= 0.3 is 0 Å². The van der Waals surface area contributed by atoms with Crippen LogP contribution >= 0.6 is 11.6 Å². The smallest absolute Gasteiger partial charge is 0.225 e. The van der Waals surface area contributed by atoms with Gasteiger partial charge in [0.2, 0.25) is 5.28 Å². The Labute approximate surface area is 122 Å². The molecule has 1 unspecified atom stereocenters. The van der Waals surface area contributed by atoms with Gasteiger partial charge in [-0.3, -0.25) is 9.55 Å². The highest BCUT2D eigenvalue weighted by Gasteiger charge is 2.19. The average molecular weight is 285 g/mol. The van der Waals surface area contributed by atoms with Crippen LogP contribution < -0.4 is 0 Å². The third-order valence-corrected chi connectivity index (χ3v) is 3.45. The molecule has 2 heterocycles. The molecule has 100 valence electrons. The van der Waals surface area contributed by atoms with E-state index < -0.39 is 0 Å². The Morgan fingerprint density at radius 2 is 1.75 bits per heavy atom. The molecule has 0 radical (unpaired) electrons. The number of hydrogen-bond acceptors (Lipinski definition) is 3. The molecule has 2 aromatic heterocycles. The van der Waals surface area contributed by atoms with Crippen molar-refractivity contribution in [2.45, 2.75) is 13.0 Å². The number of pyridine rings is 1. The van der Waals surface area contributed by atoms with Crippen LogP contribution in [0, 0.1) is 0 Å². The number of nitrogens with zero attached hydrogens (tertiary/aromatic N) is 4. The third-order valence-electron chi connectivity index (χ3n) is 3.19. The van der Waals surface area contributed by atoms with Gasteiger partial charge in [-0.25, -0.2) is 0 Å². The van der Waals surface area contributed by atoms with Crippen LogP contribution in [0.15, 0.2) is 54.7 Å². The highest BCUT2D eigenvalue weighted by atomic mass is 35.5. The van der Waals surface area contributed by atoms with Gasteiger partial charge < -0.3 is 0 Å². The predicted molar refractivity (Wildman–Crippen MR) is 78.5 cm³/mol. The van der Waals surface area contributed by atoms with Crippen molar-refractivity contribution in [1.82, 2.24) is 19.7 Å². The van der Waals surface area contributed by atoms with Crippen molar-refractivity contribution in [3.63, 3.8) is 0 Å². The first-order valence-corrected chi connectivity index (χ1v) is 6.72. The summed E-state index contributed by atoms with van der Waals surface area (Å²) < 4.78 is 1.89. The summed E-state index contributed by atoms with van der Waals surface area (Å²) in [5.41, 5.74) is 1.90. The first kappa shape index (κ1) is 12.8. The molecule has 5 heteroatoms. The van der Waals surface area contributed by atoms with Crippen LogP contribution in [0.4, 0.5) is 0 Å². The minimum absolute atomic E-state index is 0.0334. The summed E-state index contributed by atoms with van der Waals surface area (Å²) in [5.74, 6) is 0.744. The summed E-state index contributed by atoms with van der Waals surface area (Å²) in [7, 11) is 0. The van der Waals surface area contributed by atoms with E-state index in [4.69, 9.17) is 11.6 Å². The first-order chi connectivity index (χ1) is 9.77. The van der Waals surface area contributed by atoms with Gasteiger partial charge in [-0.1, -0.05) is 36.4 Å². The molecule has 0 aliphatic rings. The number of aromatic nitrogens is 4. The molecule has 20 heavy (non-hydrogen) atoms. The second-order valence-electron chi connectivity index (χ2n) is 4.46. The lowest BCUT2D eigenvalue weighted by Crippen LogP contribution is -2.10. The molecule has 3 rings (SSSR count). The van der Waals surface area contributed by atoms with Gasteiger partial charge in [-0.15, -0.1) is 10.2 Å². The van der Waals surface area contributed by atoms with Gasteiger partial charge in [0, 0.05) is 11.8 Å². The zero-order valence-corrected chi connectivity index (χ0v) is 11.7.